The van der Waals surface area contributed by atoms with Crippen LogP contribution in [0.2, 0.25) is 18.1 Å². The second-order valence-electron chi connectivity index (χ2n) is 7.33. The smallest absolute Gasteiger partial charge is 0.251 e. The van der Waals surface area contributed by atoms with E-state index >= 15 is 0 Å². The van der Waals surface area contributed by atoms with Crippen molar-refractivity contribution in [3.8, 4) is 5.75 Å². The van der Waals surface area contributed by atoms with E-state index in [1.807, 2.05) is 12.1 Å². The average Bonchev–Trinajstić information content (AvgIpc) is 2.63. The zero-order valence-electron chi connectivity index (χ0n) is 16.1. The van der Waals surface area contributed by atoms with Gasteiger partial charge in [0.2, 0.25) is 0 Å². The summed E-state index contributed by atoms with van der Waals surface area (Å²) >= 11 is 0. The van der Waals surface area contributed by atoms with Gasteiger partial charge in [-0.15, -0.1) is 0 Å². The molecule has 0 fully saturated rings. The van der Waals surface area contributed by atoms with Gasteiger partial charge in [0.15, 0.2) is 0 Å². The molecule has 0 spiro atoms. The summed E-state index contributed by atoms with van der Waals surface area (Å²) in [6, 6.07) is 19.0. The average molecular weight is 369 g/mol. The number of hydrogen-bond acceptors (Lipinski definition) is 1. The lowest BCUT2D eigenvalue weighted by Gasteiger charge is -2.33. The molecular formula is C23H29FOSi. The van der Waals surface area contributed by atoms with Gasteiger partial charge in [0.25, 0.3) is 8.32 Å². The maximum Gasteiger partial charge on any atom is 0.251 e. The quantitative estimate of drug-likeness (QED) is 0.292. The van der Waals surface area contributed by atoms with Crippen LogP contribution in [0.3, 0.4) is 0 Å². The molecule has 0 heterocycles. The number of halogens is 1. The first-order chi connectivity index (χ1) is 12.6. The summed E-state index contributed by atoms with van der Waals surface area (Å²) in [7, 11) is -1.91. The van der Waals surface area contributed by atoms with Crippen LogP contribution < -0.4 is 4.43 Å². The molecular weight excluding hydrogens is 339 g/mol. The van der Waals surface area contributed by atoms with Gasteiger partial charge in [0.05, 0.1) is 0 Å². The highest BCUT2D eigenvalue weighted by Gasteiger charge is 2.35. The Morgan fingerprint density at radius 3 is 2.04 bits per heavy atom. The maximum atomic E-state index is 14.0. The summed E-state index contributed by atoms with van der Waals surface area (Å²) in [5, 5.41) is 4.22. The van der Waals surface area contributed by atoms with Crippen LogP contribution >= 0.6 is 0 Å². The van der Waals surface area contributed by atoms with Crippen molar-refractivity contribution in [2.75, 3.05) is 0 Å². The topological polar surface area (TPSA) is 9.23 Å². The Bertz CT molecular complexity index is 873. The molecule has 0 amide bonds. The Morgan fingerprint density at radius 2 is 1.38 bits per heavy atom. The van der Waals surface area contributed by atoms with E-state index in [0.717, 1.165) is 64.7 Å². The monoisotopic (exact) mass is 368 g/mol. The molecule has 3 rings (SSSR count). The fourth-order valence-electron chi connectivity index (χ4n) is 4.21. The van der Waals surface area contributed by atoms with Crippen molar-refractivity contribution in [3.05, 3.63) is 54.3 Å². The minimum absolute atomic E-state index is 0.202. The molecule has 0 aromatic heterocycles. The third-order valence-electron chi connectivity index (χ3n) is 5.21. The predicted molar refractivity (Wildman–Crippen MR) is 113 cm³/mol. The molecule has 0 aliphatic rings. The van der Waals surface area contributed by atoms with E-state index < -0.39 is 8.32 Å². The molecule has 3 aromatic rings. The molecule has 0 atom stereocenters. The third kappa shape index (κ3) is 3.78. The van der Waals surface area contributed by atoms with Crippen molar-refractivity contribution in [3.63, 3.8) is 0 Å². The SMILES string of the molecule is CCC[Si](CCC)(CCC)Oc1c2ccccc2cc2ccc(F)cc12. The molecule has 138 valence electrons. The third-order valence-corrected chi connectivity index (χ3v) is 10.1. The lowest BCUT2D eigenvalue weighted by atomic mass is 10.0. The number of hydrogen-bond donors (Lipinski definition) is 0. The predicted octanol–water partition coefficient (Wildman–Crippen LogP) is 7.69. The van der Waals surface area contributed by atoms with Crippen LogP contribution in [-0.4, -0.2) is 8.32 Å². The molecule has 0 N–H and O–H groups in total. The van der Waals surface area contributed by atoms with Gasteiger partial charge < -0.3 is 4.43 Å². The summed E-state index contributed by atoms with van der Waals surface area (Å²) in [4.78, 5) is 0. The van der Waals surface area contributed by atoms with Gasteiger partial charge >= 0.3 is 0 Å². The van der Waals surface area contributed by atoms with Gasteiger partial charge in [-0.2, -0.15) is 0 Å². The van der Waals surface area contributed by atoms with Gasteiger partial charge in [-0.1, -0.05) is 70.4 Å². The summed E-state index contributed by atoms with van der Waals surface area (Å²) < 4.78 is 21.0. The molecule has 0 saturated heterocycles. The molecule has 0 unspecified atom stereocenters. The van der Waals surface area contributed by atoms with E-state index in [-0.39, 0.29) is 5.82 Å². The standard InChI is InChI=1S/C23H29FOSi/c1-4-13-26(14-5-2,15-6-3)25-23-21-10-8-7-9-18(21)16-19-11-12-20(24)17-22(19)23/h7-12,16-17H,4-6,13-15H2,1-3H3. The Balaban J connectivity index is 2.23. The van der Waals surface area contributed by atoms with Gasteiger partial charge in [-0.25, -0.2) is 4.39 Å². The van der Waals surface area contributed by atoms with E-state index in [1.54, 1.807) is 6.07 Å². The van der Waals surface area contributed by atoms with Gasteiger partial charge in [-0.3, -0.25) is 0 Å². The summed E-state index contributed by atoms with van der Waals surface area (Å²) in [6.45, 7) is 6.74. The van der Waals surface area contributed by atoms with Crippen molar-refractivity contribution in [2.24, 2.45) is 0 Å². The van der Waals surface area contributed by atoms with Crippen LogP contribution in [0.5, 0.6) is 5.75 Å². The Morgan fingerprint density at radius 1 is 0.769 bits per heavy atom. The van der Waals surface area contributed by atoms with Crippen LogP contribution in [-0.2, 0) is 0 Å². The van der Waals surface area contributed by atoms with E-state index in [2.05, 4.69) is 45.0 Å². The zero-order chi connectivity index (χ0) is 18.6. The molecule has 0 bridgehead atoms. The zero-order valence-corrected chi connectivity index (χ0v) is 17.1. The molecule has 3 aromatic carbocycles. The largest absolute Gasteiger partial charge is 0.543 e. The first-order valence-corrected chi connectivity index (χ1v) is 12.5. The Hall–Kier alpha value is -1.87. The van der Waals surface area contributed by atoms with Crippen LogP contribution in [0.4, 0.5) is 4.39 Å². The molecule has 0 aliphatic heterocycles. The first kappa shape index (κ1) is 18.9. The summed E-state index contributed by atoms with van der Waals surface area (Å²) in [5.74, 6) is 0.700. The van der Waals surface area contributed by atoms with Crippen LogP contribution in [0.1, 0.15) is 40.0 Å². The highest BCUT2D eigenvalue weighted by atomic mass is 28.4. The second-order valence-corrected chi connectivity index (χ2v) is 11.4. The second kappa shape index (κ2) is 8.21. The molecule has 3 heteroatoms. The van der Waals surface area contributed by atoms with Crippen LogP contribution in [0.15, 0.2) is 48.5 Å². The van der Waals surface area contributed by atoms with Crippen LogP contribution in [0.25, 0.3) is 21.5 Å². The minimum atomic E-state index is -1.91. The molecule has 26 heavy (non-hydrogen) atoms. The van der Waals surface area contributed by atoms with Gasteiger partial charge in [-0.05, 0) is 47.1 Å². The molecule has 0 radical (unpaired) electrons. The van der Waals surface area contributed by atoms with E-state index in [1.165, 1.54) is 6.07 Å². The lowest BCUT2D eigenvalue weighted by Crippen LogP contribution is -2.41. The van der Waals surface area contributed by atoms with Gasteiger partial charge in [0, 0.05) is 10.8 Å². The fourth-order valence-corrected chi connectivity index (χ4v) is 8.66. The van der Waals surface area contributed by atoms with Crippen LogP contribution in [0, 0.1) is 5.82 Å². The van der Waals surface area contributed by atoms with Crippen molar-refractivity contribution in [1.29, 1.82) is 0 Å². The molecule has 0 saturated carbocycles. The lowest BCUT2D eigenvalue weighted by molar-refractivity contribution is 0.528. The van der Waals surface area contributed by atoms with Crippen molar-refractivity contribution < 1.29 is 8.82 Å². The number of fused-ring (bicyclic) bond motifs is 2. The highest BCUT2D eigenvalue weighted by molar-refractivity contribution is 6.74. The summed E-state index contributed by atoms with van der Waals surface area (Å²) in [6.07, 6.45) is 3.43. The number of benzene rings is 3. The fraction of sp³-hybridized carbons (Fsp3) is 0.391. The van der Waals surface area contributed by atoms with E-state index in [9.17, 15) is 4.39 Å². The van der Waals surface area contributed by atoms with Gasteiger partial charge in [0.1, 0.15) is 11.6 Å². The maximum absolute atomic E-state index is 14.0. The first-order valence-electron chi connectivity index (χ1n) is 9.92. The van der Waals surface area contributed by atoms with Crippen molar-refractivity contribution in [1.82, 2.24) is 0 Å². The Labute approximate surface area is 157 Å². The van der Waals surface area contributed by atoms with E-state index in [0.29, 0.717) is 0 Å². The van der Waals surface area contributed by atoms with E-state index in [4.69, 9.17) is 4.43 Å². The van der Waals surface area contributed by atoms with Crippen molar-refractivity contribution in [2.45, 2.75) is 58.2 Å². The molecule has 0 aliphatic carbocycles. The Kier molecular flexibility index (Phi) is 5.97. The highest BCUT2D eigenvalue weighted by Crippen LogP contribution is 2.39. The number of rotatable bonds is 8. The molecule has 1 nitrogen and oxygen atoms in total. The van der Waals surface area contributed by atoms with Crippen molar-refractivity contribution >= 4 is 29.9 Å². The minimum Gasteiger partial charge on any atom is -0.543 e. The normalized spacial score (nSPS) is 12.0. The summed E-state index contributed by atoms with van der Waals surface area (Å²) in [5.41, 5.74) is 0.